The van der Waals surface area contributed by atoms with Crippen LogP contribution in [0.1, 0.15) is 62.8 Å². The number of fused-ring (bicyclic) bond motifs is 1. The van der Waals surface area contributed by atoms with Crippen molar-refractivity contribution >= 4 is 38.4 Å². The summed E-state index contributed by atoms with van der Waals surface area (Å²) in [5.41, 5.74) is -3.66. The number of sulfone groups is 1. The monoisotopic (exact) mass is 672 g/mol. The number of carbonyl (C=O) groups is 1. The molecular weight excluding hydrogens is 637 g/mol. The van der Waals surface area contributed by atoms with E-state index in [1.54, 1.807) is 25.7 Å². The molecule has 0 unspecified atom stereocenters. The second-order valence-corrected chi connectivity index (χ2v) is 14.8. The van der Waals surface area contributed by atoms with Crippen molar-refractivity contribution in [2.75, 3.05) is 18.8 Å². The van der Waals surface area contributed by atoms with Crippen molar-refractivity contribution in [3.63, 3.8) is 0 Å². The van der Waals surface area contributed by atoms with Crippen molar-refractivity contribution in [3.8, 4) is 0 Å². The molecule has 3 aromatic rings. The van der Waals surface area contributed by atoms with Crippen molar-refractivity contribution in [3.05, 3.63) is 72.4 Å². The largest absolute Gasteiger partial charge is 0.444 e. The number of piperidine rings is 1. The third kappa shape index (κ3) is 7.90. The summed E-state index contributed by atoms with van der Waals surface area (Å²) in [6, 6.07) is 4.32. The van der Waals surface area contributed by atoms with Gasteiger partial charge in [0.1, 0.15) is 5.60 Å². The Morgan fingerprint density at radius 1 is 1.16 bits per heavy atom. The minimum absolute atomic E-state index is 0.0443. The summed E-state index contributed by atoms with van der Waals surface area (Å²) in [5, 5.41) is 2.57. The van der Waals surface area contributed by atoms with Crippen LogP contribution in [-0.4, -0.2) is 59.4 Å². The van der Waals surface area contributed by atoms with Gasteiger partial charge in [0.05, 0.1) is 33.7 Å². The molecule has 2 N–H and O–H groups in total. The number of amides is 1. The molecule has 1 amide bonds. The first kappa shape index (κ1) is 34.5. The van der Waals surface area contributed by atoms with E-state index in [4.69, 9.17) is 16.3 Å². The molecule has 15 heteroatoms. The molecule has 1 saturated heterocycles. The number of hydrogen-bond donors (Lipinski definition) is 2. The zero-order chi connectivity index (χ0) is 33.5. The number of alkyl halides is 3. The molecule has 0 bridgehead atoms. The number of ether oxygens (including phenoxy) is 1. The Hall–Kier alpha value is -3.36. The van der Waals surface area contributed by atoms with Crippen LogP contribution in [-0.2, 0) is 33.8 Å². The smallest absolute Gasteiger partial charge is 0.416 e. The molecule has 0 radical (unpaired) electrons. The van der Waals surface area contributed by atoms with Crippen molar-refractivity contribution < 1.29 is 31.1 Å². The van der Waals surface area contributed by atoms with E-state index in [0.717, 1.165) is 6.07 Å². The maximum Gasteiger partial charge on any atom is 0.416 e. The Balaban J connectivity index is 1.75. The number of H-pyrrole nitrogens is 1. The number of rotatable bonds is 7. The average Bonchev–Trinajstić information content (AvgIpc) is 2.91. The molecule has 0 spiro atoms. The van der Waals surface area contributed by atoms with Gasteiger partial charge in [-0.15, -0.1) is 0 Å². The number of aromatic nitrogens is 2. The lowest BCUT2D eigenvalue weighted by atomic mass is 9.96. The fourth-order valence-electron chi connectivity index (χ4n) is 5.52. The van der Waals surface area contributed by atoms with Crippen LogP contribution in [0.15, 0.2) is 38.8 Å². The Morgan fingerprint density at radius 2 is 1.84 bits per heavy atom. The van der Waals surface area contributed by atoms with Crippen LogP contribution < -0.4 is 16.6 Å². The number of aromatic amines is 1. The highest BCUT2D eigenvalue weighted by atomic mass is 35.5. The van der Waals surface area contributed by atoms with E-state index in [-0.39, 0.29) is 62.4 Å². The molecule has 2 aromatic carbocycles. The fraction of sp³-hybridized carbons (Fsp3) is 0.500. The van der Waals surface area contributed by atoms with Gasteiger partial charge in [0.25, 0.3) is 5.56 Å². The molecule has 246 valence electrons. The quantitative estimate of drug-likeness (QED) is 0.361. The van der Waals surface area contributed by atoms with Gasteiger partial charge in [0, 0.05) is 24.2 Å². The van der Waals surface area contributed by atoms with E-state index in [9.17, 15) is 36.0 Å². The summed E-state index contributed by atoms with van der Waals surface area (Å²) in [4.78, 5) is 43.3. The Bertz CT molecular complexity index is 1850. The molecule has 0 aliphatic carbocycles. The van der Waals surface area contributed by atoms with Gasteiger partial charge in [-0.2, -0.15) is 13.2 Å². The van der Waals surface area contributed by atoms with Crippen LogP contribution >= 0.6 is 11.6 Å². The number of carbonyl (C=O) groups excluding carboxylic acids is 1. The highest BCUT2D eigenvalue weighted by molar-refractivity contribution is 7.91. The Morgan fingerprint density at radius 3 is 2.47 bits per heavy atom. The predicted octanol–water partition coefficient (Wildman–Crippen LogP) is 5.00. The zero-order valence-corrected chi connectivity index (χ0v) is 27.2. The van der Waals surface area contributed by atoms with Gasteiger partial charge in [-0.3, -0.25) is 14.3 Å². The van der Waals surface area contributed by atoms with Crippen LogP contribution in [0, 0.1) is 6.92 Å². The number of nitrogens with zero attached hydrogens (tertiary/aromatic N) is 2. The topological polar surface area (TPSA) is 131 Å². The lowest BCUT2D eigenvalue weighted by Gasteiger charge is -2.34. The Kier molecular flexibility index (Phi) is 9.81. The number of alkyl carbamates (subject to hydrolysis) is 1. The molecular formula is C30H36ClF3N4O6S. The first-order chi connectivity index (χ1) is 20.8. The first-order valence-corrected chi connectivity index (χ1v) is 16.4. The second kappa shape index (κ2) is 12.8. The van der Waals surface area contributed by atoms with Crippen molar-refractivity contribution in [1.29, 1.82) is 0 Å². The molecule has 1 atom stereocenters. The molecule has 10 nitrogen and oxygen atoms in total. The third-order valence-corrected chi connectivity index (χ3v) is 9.71. The molecule has 0 saturated carbocycles. The first-order valence-electron chi connectivity index (χ1n) is 14.4. The van der Waals surface area contributed by atoms with Crippen LogP contribution in [0.5, 0.6) is 0 Å². The number of halogens is 4. The van der Waals surface area contributed by atoms with Crippen LogP contribution in [0.2, 0.25) is 5.02 Å². The van der Waals surface area contributed by atoms with Gasteiger partial charge >= 0.3 is 18.0 Å². The number of aryl methyl sites for hydroxylation is 1. The summed E-state index contributed by atoms with van der Waals surface area (Å²) >= 11 is 6.08. The normalized spacial score (nSPS) is 16.6. The standard InChI is InChI=1S/C30H36ClF3N4O6S/c1-6-45(42,43)24-10-9-19(31)12-18(24)14-38-26(39)21-13-23(30(32,33)34)22(17(2)25(21)36-27(38)40)16-37-11-7-8-20(15-37)35-28(41)44-29(3,4)5/h9-10,12-13,20H,6-8,11,14-16H2,1-5H3,(H,35,41)(H,36,40)/t20-/m0/s1. The minimum Gasteiger partial charge on any atom is -0.444 e. The molecule has 4 rings (SSSR count). The van der Waals surface area contributed by atoms with E-state index in [2.05, 4.69) is 10.3 Å². The third-order valence-electron chi connectivity index (χ3n) is 7.64. The van der Waals surface area contributed by atoms with E-state index in [0.29, 0.717) is 24.0 Å². The maximum atomic E-state index is 14.5. The zero-order valence-electron chi connectivity index (χ0n) is 25.6. The number of benzene rings is 2. The molecule has 1 aliphatic rings. The van der Waals surface area contributed by atoms with Crippen molar-refractivity contribution in [1.82, 2.24) is 19.8 Å². The summed E-state index contributed by atoms with van der Waals surface area (Å²) in [6.07, 6.45) is -4.20. The minimum atomic E-state index is -4.83. The van der Waals surface area contributed by atoms with E-state index in [1.807, 2.05) is 0 Å². The molecule has 1 aliphatic heterocycles. The second-order valence-electron chi connectivity index (χ2n) is 12.1. The molecule has 2 heterocycles. The Labute approximate surface area is 263 Å². The summed E-state index contributed by atoms with van der Waals surface area (Å²) in [6.45, 7) is 8.11. The van der Waals surface area contributed by atoms with E-state index < -0.39 is 51.1 Å². The van der Waals surface area contributed by atoms with Gasteiger partial charge < -0.3 is 15.0 Å². The van der Waals surface area contributed by atoms with Gasteiger partial charge in [-0.25, -0.2) is 18.0 Å². The van der Waals surface area contributed by atoms with Crippen LogP contribution in [0.25, 0.3) is 10.9 Å². The van der Waals surface area contributed by atoms with Crippen LogP contribution in [0.3, 0.4) is 0 Å². The molecule has 45 heavy (non-hydrogen) atoms. The summed E-state index contributed by atoms with van der Waals surface area (Å²) < 4.78 is 74.8. The number of nitrogens with one attached hydrogen (secondary N) is 2. The predicted molar refractivity (Wildman–Crippen MR) is 165 cm³/mol. The highest BCUT2D eigenvalue weighted by Crippen LogP contribution is 2.37. The average molecular weight is 673 g/mol. The SMILES string of the molecule is CCS(=O)(=O)c1ccc(Cl)cc1Cn1c(=O)[nH]c2c(C)c(CN3CCC[C@H](NC(=O)OC(C)(C)C)C3)c(C(F)(F)F)cc2c1=O. The summed E-state index contributed by atoms with van der Waals surface area (Å²) in [5.74, 6) is -0.254. The molecule has 1 fully saturated rings. The highest BCUT2D eigenvalue weighted by Gasteiger charge is 2.36. The van der Waals surface area contributed by atoms with Gasteiger partial charge in [0.2, 0.25) is 0 Å². The number of likely N-dealkylation sites (tertiary alicyclic amines) is 1. The maximum absolute atomic E-state index is 14.5. The van der Waals surface area contributed by atoms with Gasteiger partial charge in [-0.05, 0) is 88.0 Å². The van der Waals surface area contributed by atoms with Crippen molar-refractivity contribution in [2.45, 2.75) is 83.3 Å². The van der Waals surface area contributed by atoms with Crippen LogP contribution in [0.4, 0.5) is 18.0 Å². The van der Waals surface area contributed by atoms with Crippen molar-refractivity contribution in [2.24, 2.45) is 0 Å². The lowest BCUT2D eigenvalue weighted by Crippen LogP contribution is -2.48. The number of hydrogen-bond acceptors (Lipinski definition) is 7. The van der Waals surface area contributed by atoms with Gasteiger partial charge in [0.15, 0.2) is 9.84 Å². The summed E-state index contributed by atoms with van der Waals surface area (Å²) in [7, 11) is -3.78. The molecule has 1 aromatic heterocycles. The van der Waals surface area contributed by atoms with E-state index in [1.165, 1.54) is 32.0 Å². The fourth-order valence-corrected chi connectivity index (χ4v) is 6.82. The lowest BCUT2D eigenvalue weighted by molar-refractivity contribution is -0.138. The van der Waals surface area contributed by atoms with E-state index >= 15 is 0 Å². The van der Waals surface area contributed by atoms with Gasteiger partial charge in [-0.1, -0.05) is 18.5 Å².